The number of halogens is 2. The van der Waals surface area contributed by atoms with E-state index in [9.17, 15) is 4.79 Å². The number of carboxylic acid groups (broad SMARTS) is 1. The second-order valence-corrected chi connectivity index (χ2v) is 6.49. The summed E-state index contributed by atoms with van der Waals surface area (Å²) in [7, 11) is 1.53. The standard InChI is InChI=1S/C14H10Cl2N2O3S/c1-21-13-9(2-7(15)3-10(13)16)11-6-18-5-8(4-12(19)20)22-14(18)17-11/h2-3,5-6H,4H2,1H3,(H,19,20). The monoisotopic (exact) mass is 356 g/mol. The molecule has 0 fully saturated rings. The second kappa shape index (κ2) is 5.79. The van der Waals surface area contributed by atoms with Gasteiger partial charge in [-0.2, -0.15) is 0 Å². The summed E-state index contributed by atoms with van der Waals surface area (Å²) in [4.78, 5) is 16.7. The Morgan fingerprint density at radius 1 is 1.41 bits per heavy atom. The third-order valence-electron chi connectivity index (χ3n) is 3.02. The minimum Gasteiger partial charge on any atom is -0.494 e. The Morgan fingerprint density at radius 2 is 2.18 bits per heavy atom. The van der Waals surface area contributed by atoms with Crippen molar-refractivity contribution >= 4 is 45.5 Å². The Labute approximate surface area is 139 Å². The van der Waals surface area contributed by atoms with Crippen molar-refractivity contribution in [1.29, 1.82) is 0 Å². The van der Waals surface area contributed by atoms with Crippen LogP contribution >= 0.6 is 34.5 Å². The molecule has 0 aliphatic heterocycles. The number of rotatable bonds is 4. The Morgan fingerprint density at radius 3 is 2.82 bits per heavy atom. The molecule has 0 aliphatic carbocycles. The first-order valence-electron chi connectivity index (χ1n) is 6.20. The molecular formula is C14H10Cl2N2O3S. The maximum atomic E-state index is 10.7. The summed E-state index contributed by atoms with van der Waals surface area (Å²) in [5, 5.41) is 9.72. The van der Waals surface area contributed by atoms with Crippen molar-refractivity contribution in [2.75, 3.05) is 7.11 Å². The maximum Gasteiger partial charge on any atom is 0.308 e. The van der Waals surface area contributed by atoms with Crippen molar-refractivity contribution in [1.82, 2.24) is 9.38 Å². The molecule has 0 amide bonds. The minimum absolute atomic E-state index is 0.0182. The molecule has 2 aromatic heterocycles. The fourth-order valence-corrected chi connectivity index (χ4v) is 3.68. The number of nitrogens with zero attached hydrogens (tertiary/aromatic N) is 2. The molecule has 3 aromatic rings. The zero-order valence-electron chi connectivity index (χ0n) is 11.3. The van der Waals surface area contributed by atoms with E-state index in [0.717, 1.165) is 4.88 Å². The number of benzene rings is 1. The van der Waals surface area contributed by atoms with Crippen LogP contribution in [0.3, 0.4) is 0 Å². The summed E-state index contributed by atoms with van der Waals surface area (Å²) in [6, 6.07) is 3.34. The van der Waals surface area contributed by atoms with Gasteiger partial charge in [0.1, 0.15) is 5.75 Å². The van der Waals surface area contributed by atoms with E-state index < -0.39 is 5.97 Å². The highest BCUT2D eigenvalue weighted by Gasteiger charge is 2.16. The highest BCUT2D eigenvalue weighted by Crippen LogP contribution is 2.38. The van der Waals surface area contributed by atoms with Crippen molar-refractivity contribution < 1.29 is 14.6 Å². The second-order valence-electron chi connectivity index (χ2n) is 4.55. The number of ether oxygens (including phenoxy) is 1. The summed E-state index contributed by atoms with van der Waals surface area (Å²) >= 11 is 13.5. The van der Waals surface area contributed by atoms with Gasteiger partial charge in [-0.15, -0.1) is 11.3 Å². The Hall–Kier alpha value is -1.76. The zero-order chi connectivity index (χ0) is 15.9. The highest BCUT2D eigenvalue weighted by molar-refractivity contribution is 7.17. The Kier molecular flexibility index (Phi) is 3.99. The lowest BCUT2D eigenvalue weighted by molar-refractivity contribution is -0.136. The molecule has 3 rings (SSSR count). The van der Waals surface area contributed by atoms with Gasteiger partial charge in [0.15, 0.2) is 4.96 Å². The van der Waals surface area contributed by atoms with Crippen LogP contribution in [-0.2, 0) is 11.2 Å². The molecule has 0 spiro atoms. The topological polar surface area (TPSA) is 63.8 Å². The van der Waals surface area contributed by atoms with Crippen molar-refractivity contribution in [2.45, 2.75) is 6.42 Å². The quantitative estimate of drug-likeness (QED) is 0.767. The van der Waals surface area contributed by atoms with Gasteiger partial charge in [-0.05, 0) is 12.1 Å². The number of aromatic nitrogens is 2. The lowest BCUT2D eigenvalue weighted by Gasteiger charge is -2.08. The van der Waals surface area contributed by atoms with Gasteiger partial charge in [0.05, 0.1) is 24.2 Å². The van der Waals surface area contributed by atoms with E-state index in [1.807, 2.05) is 0 Å². The van der Waals surface area contributed by atoms with E-state index in [1.165, 1.54) is 18.4 Å². The molecule has 0 atom stereocenters. The first kappa shape index (κ1) is 15.1. The summed E-state index contributed by atoms with van der Waals surface area (Å²) in [5.74, 6) is -0.365. The van der Waals surface area contributed by atoms with Gasteiger partial charge in [0.2, 0.25) is 0 Å². The fourth-order valence-electron chi connectivity index (χ4n) is 2.16. The smallest absolute Gasteiger partial charge is 0.308 e. The number of hydrogen-bond donors (Lipinski definition) is 1. The lowest BCUT2D eigenvalue weighted by atomic mass is 10.1. The number of imidazole rings is 1. The molecule has 2 heterocycles. The van der Waals surface area contributed by atoms with Crippen molar-refractivity contribution in [3.05, 3.63) is 39.4 Å². The molecule has 0 bridgehead atoms. The van der Waals surface area contributed by atoms with Crippen LogP contribution < -0.4 is 4.74 Å². The molecule has 0 saturated carbocycles. The van der Waals surface area contributed by atoms with E-state index >= 15 is 0 Å². The van der Waals surface area contributed by atoms with Crippen LogP contribution in [0.4, 0.5) is 0 Å². The van der Waals surface area contributed by atoms with Crippen LogP contribution in [0.1, 0.15) is 4.88 Å². The number of fused-ring (bicyclic) bond motifs is 1. The van der Waals surface area contributed by atoms with Gasteiger partial charge in [0.25, 0.3) is 0 Å². The number of aliphatic carboxylic acids is 1. The summed E-state index contributed by atoms with van der Waals surface area (Å²) in [6.07, 6.45) is 3.53. The average Bonchev–Trinajstić information content (AvgIpc) is 2.94. The van der Waals surface area contributed by atoms with Gasteiger partial charge >= 0.3 is 5.97 Å². The van der Waals surface area contributed by atoms with E-state index in [-0.39, 0.29) is 6.42 Å². The third kappa shape index (κ3) is 2.77. The molecular weight excluding hydrogens is 347 g/mol. The van der Waals surface area contributed by atoms with E-state index in [2.05, 4.69) is 4.98 Å². The molecule has 0 unspecified atom stereocenters. The van der Waals surface area contributed by atoms with Gasteiger partial charge in [-0.25, -0.2) is 4.98 Å². The first-order valence-corrected chi connectivity index (χ1v) is 7.78. The molecule has 0 aliphatic rings. The van der Waals surface area contributed by atoms with Crippen LogP contribution in [0.15, 0.2) is 24.5 Å². The van der Waals surface area contributed by atoms with Crippen molar-refractivity contribution in [3.63, 3.8) is 0 Å². The Bertz CT molecular complexity index is 841. The van der Waals surface area contributed by atoms with Gasteiger partial charge < -0.3 is 9.84 Å². The molecule has 8 heteroatoms. The molecule has 5 nitrogen and oxygen atoms in total. The van der Waals surface area contributed by atoms with Crippen LogP contribution in [0, 0.1) is 0 Å². The number of methoxy groups -OCH3 is 1. The average molecular weight is 357 g/mol. The van der Waals surface area contributed by atoms with Gasteiger partial charge in [-0.1, -0.05) is 23.2 Å². The number of hydrogen-bond acceptors (Lipinski definition) is 4. The predicted molar refractivity (Wildman–Crippen MR) is 86.4 cm³/mol. The minimum atomic E-state index is -0.868. The summed E-state index contributed by atoms with van der Waals surface area (Å²) < 4.78 is 7.10. The van der Waals surface area contributed by atoms with E-state index in [0.29, 0.717) is 32.0 Å². The molecule has 114 valence electrons. The lowest BCUT2D eigenvalue weighted by Crippen LogP contribution is -1.97. The highest BCUT2D eigenvalue weighted by atomic mass is 35.5. The number of thiazole rings is 1. The van der Waals surface area contributed by atoms with Crippen LogP contribution in [-0.4, -0.2) is 27.6 Å². The van der Waals surface area contributed by atoms with Crippen LogP contribution in [0.5, 0.6) is 5.75 Å². The summed E-state index contributed by atoms with van der Waals surface area (Å²) in [6.45, 7) is 0. The Balaban J connectivity index is 2.07. The summed E-state index contributed by atoms with van der Waals surface area (Å²) in [5.41, 5.74) is 1.35. The van der Waals surface area contributed by atoms with E-state index in [4.69, 9.17) is 33.0 Å². The normalized spacial score (nSPS) is 11.0. The van der Waals surface area contributed by atoms with Gasteiger partial charge in [0, 0.05) is 27.9 Å². The van der Waals surface area contributed by atoms with Crippen molar-refractivity contribution in [2.24, 2.45) is 0 Å². The third-order valence-corrected chi connectivity index (χ3v) is 4.51. The first-order chi connectivity index (χ1) is 10.5. The SMILES string of the molecule is COc1c(Cl)cc(Cl)cc1-c1cn2cc(CC(=O)O)sc2n1. The largest absolute Gasteiger partial charge is 0.494 e. The van der Waals surface area contributed by atoms with Crippen LogP contribution in [0.25, 0.3) is 16.2 Å². The van der Waals surface area contributed by atoms with E-state index in [1.54, 1.807) is 28.9 Å². The van der Waals surface area contributed by atoms with Gasteiger partial charge in [-0.3, -0.25) is 9.20 Å². The number of carbonyl (C=O) groups is 1. The molecule has 0 saturated heterocycles. The fraction of sp³-hybridized carbons (Fsp3) is 0.143. The zero-order valence-corrected chi connectivity index (χ0v) is 13.7. The molecule has 0 radical (unpaired) electrons. The molecule has 1 N–H and O–H groups in total. The molecule has 1 aromatic carbocycles. The number of carboxylic acids is 1. The maximum absolute atomic E-state index is 10.7. The van der Waals surface area contributed by atoms with Crippen LogP contribution in [0.2, 0.25) is 10.0 Å². The predicted octanol–water partition coefficient (Wildman–Crippen LogP) is 4.01. The van der Waals surface area contributed by atoms with Crippen molar-refractivity contribution in [3.8, 4) is 17.0 Å². The molecule has 22 heavy (non-hydrogen) atoms.